The summed E-state index contributed by atoms with van der Waals surface area (Å²) in [7, 11) is -3.49. The van der Waals surface area contributed by atoms with Crippen LogP contribution in [0, 0.1) is 0 Å². The Bertz CT molecular complexity index is 851. The lowest BCUT2D eigenvalue weighted by Crippen LogP contribution is -2.23. The maximum Gasteiger partial charge on any atom is 0.352 e. The molecule has 0 radical (unpaired) electrons. The number of nitrogens with zero attached hydrogens (tertiary/aromatic N) is 3. The average Bonchev–Trinajstić information content (AvgIpc) is 2.96. The maximum absolute atomic E-state index is 12.7. The molecule has 0 bridgehead atoms. The third-order valence-electron chi connectivity index (χ3n) is 3.54. The molecule has 0 saturated heterocycles. The second kappa shape index (κ2) is 6.39. The topological polar surface area (TPSA) is 100 Å². The molecule has 0 saturated carbocycles. The Morgan fingerprint density at radius 2 is 1.62 bits per heavy atom. The number of carbonyl (C=O) groups is 2. The molecule has 0 fully saturated rings. The van der Waals surface area contributed by atoms with Crippen LogP contribution in [0.2, 0.25) is 0 Å². The van der Waals surface area contributed by atoms with Crippen LogP contribution in [0.25, 0.3) is 0 Å². The van der Waals surface area contributed by atoms with Gasteiger partial charge in [-0.25, -0.2) is 4.68 Å². The van der Waals surface area contributed by atoms with E-state index in [0.717, 1.165) is 4.68 Å². The second-order valence-corrected chi connectivity index (χ2v) is 7.10. The highest BCUT2D eigenvalue weighted by molar-refractivity contribution is 7.52. The molecular weight excluding hydrogens is 333 g/mol. The van der Waals surface area contributed by atoms with E-state index < -0.39 is 7.60 Å². The van der Waals surface area contributed by atoms with Crippen molar-refractivity contribution in [2.45, 2.75) is 20.1 Å². The lowest BCUT2D eigenvalue weighted by atomic mass is 9.90. The first-order chi connectivity index (χ1) is 11.5. The van der Waals surface area contributed by atoms with Gasteiger partial charge in [-0.15, -0.1) is 5.10 Å². The van der Waals surface area contributed by atoms with Crippen LogP contribution in [0.5, 0.6) is 0 Å². The molecule has 8 nitrogen and oxygen atoms in total. The van der Waals surface area contributed by atoms with Crippen LogP contribution in [0.1, 0.15) is 46.0 Å². The molecule has 0 amide bonds. The van der Waals surface area contributed by atoms with Crippen LogP contribution < -0.4 is 0 Å². The summed E-state index contributed by atoms with van der Waals surface area (Å²) in [6, 6.07) is 6.50. The number of ketones is 2. The Balaban J connectivity index is 2.03. The zero-order valence-electron chi connectivity index (χ0n) is 13.3. The van der Waals surface area contributed by atoms with Crippen LogP contribution >= 0.6 is 7.60 Å². The monoisotopic (exact) mass is 349 g/mol. The van der Waals surface area contributed by atoms with Gasteiger partial charge in [0.05, 0.1) is 13.2 Å². The summed E-state index contributed by atoms with van der Waals surface area (Å²) in [5, 5.41) is 7.63. The fourth-order valence-electron chi connectivity index (χ4n) is 2.60. The molecule has 9 heteroatoms. The first-order valence-electron chi connectivity index (χ1n) is 7.50. The van der Waals surface area contributed by atoms with Crippen LogP contribution in [0.4, 0.5) is 0 Å². The molecule has 2 aromatic rings. The van der Waals surface area contributed by atoms with Gasteiger partial charge in [-0.05, 0) is 13.8 Å². The minimum absolute atomic E-state index is 0.0123. The lowest BCUT2D eigenvalue weighted by Gasteiger charge is -2.19. The molecule has 3 rings (SSSR count). The van der Waals surface area contributed by atoms with Gasteiger partial charge in [-0.3, -0.25) is 14.2 Å². The molecule has 0 aliphatic heterocycles. The Kier molecular flexibility index (Phi) is 4.45. The molecule has 1 aromatic carbocycles. The zero-order chi connectivity index (χ0) is 17.3. The molecule has 1 aliphatic carbocycles. The number of hydrogen-bond donors (Lipinski definition) is 0. The largest absolute Gasteiger partial charge is 0.352 e. The quantitative estimate of drug-likeness (QED) is 0.629. The Hall–Kier alpha value is -2.15. The van der Waals surface area contributed by atoms with Crippen molar-refractivity contribution in [1.82, 2.24) is 15.0 Å². The summed E-state index contributed by atoms with van der Waals surface area (Å²) in [5.41, 5.74) is 0.539. The van der Waals surface area contributed by atoms with E-state index in [2.05, 4.69) is 10.3 Å². The van der Waals surface area contributed by atoms with Crippen molar-refractivity contribution < 1.29 is 23.2 Å². The van der Waals surface area contributed by atoms with E-state index in [1.807, 2.05) is 0 Å². The van der Waals surface area contributed by atoms with Crippen LogP contribution in [-0.4, -0.2) is 39.8 Å². The van der Waals surface area contributed by atoms with Gasteiger partial charge in [-0.2, -0.15) is 0 Å². The minimum atomic E-state index is -3.49. The van der Waals surface area contributed by atoms with E-state index in [1.165, 1.54) is 0 Å². The van der Waals surface area contributed by atoms with Crippen molar-refractivity contribution in [1.29, 1.82) is 0 Å². The van der Waals surface area contributed by atoms with E-state index in [4.69, 9.17) is 9.05 Å². The molecular formula is C15H16N3O5P. The smallest absolute Gasteiger partial charge is 0.308 e. The van der Waals surface area contributed by atoms with Crippen molar-refractivity contribution in [2.24, 2.45) is 0 Å². The maximum atomic E-state index is 12.7. The second-order valence-electron chi connectivity index (χ2n) is 5.08. The normalized spacial score (nSPS) is 13.8. The fraction of sp³-hybridized carbons (Fsp3) is 0.333. The number of benzene rings is 1. The number of rotatable bonds is 6. The summed E-state index contributed by atoms with van der Waals surface area (Å²) < 4.78 is 24.2. The van der Waals surface area contributed by atoms with Gasteiger partial charge in [0, 0.05) is 11.1 Å². The van der Waals surface area contributed by atoms with Gasteiger partial charge >= 0.3 is 7.60 Å². The predicted octanol–water partition coefficient (Wildman–Crippen LogP) is 2.28. The van der Waals surface area contributed by atoms with Crippen molar-refractivity contribution in [3.8, 4) is 0 Å². The van der Waals surface area contributed by atoms with Crippen molar-refractivity contribution in [2.75, 3.05) is 13.2 Å². The molecule has 1 aliphatic rings. The zero-order valence-corrected chi connectivity index (χ0v) is 14.2. The molecule has 0 unspecified atom stereocenters. The Morgan fingerprint density at radius 3 is 2.21 bits per heavy atom. The van der Waals surface area contributed by atoms with E-state index >= 15 is 0 Å². The van der Waals surface area contributed by atoms with Gasteiger partial charge < -0.3 is 9.05 Å². The third-order valence-corrected chi connectivity index (χ3v) is 5.46. The SMILES string of the molecule is CCOP(=O)(Cn1nnc2c1C(=O)c1ccccc1C2=O)OCC. The van der Waals surface area contributed by atoms with Crippen LogP contribution in [0.3, 0.4) is 0 Å². The van der Waals surface area contributed by atoms with Crippen molar-refractivity contribution >= 4 is 19.2 Å². The van der Waals surface area contributed by atoms with Crippen molar-refractivity contribution in [3.63, 3.8) is 0 Å². The van der Waals surface area contributed by atoms with Gasteiger partial charge in [0.25, 0.3) is 0 Å². The van der Waals surface area contributed by atoms with Crippen LogP contribution in [-0.2, 0) is 19.9 Å². The summed E-state index contributed by atoms with van der Waals surface area (Å²) >= 11 is 0. The minimum Gasteiger partial charge on any atom is -0.308 e. The third kappa shape index (κ3) is 2.73. The predicted molar refractivity (Wildman–Crippen MR) is 84.2 cm³/mol. The molecule has 1 heterocycles. The highest BCUT2D eigenvalue weighted by Gasteiger charge is 2.37. The molecule has 1 aromatic heterocycles. The van der Waals surface area contributed by atoms with Gasteiger partial charge in [0.1, 0.15) is 12.0 Å². The number of hydrogen-bond acceptors (Lipinski definition) is 7. The highest BCUT2D eigenvalue weighted by Crippen LogP contribution is 2.50. The van der Waals surface area contributed by atoms with E-state index in [9.17, 15) is 14.2 Å². The number of aromatic nitrogens is 3. The molecule has 0 spiro atoms. The van der Waals surface area contributed by atoms with Gasteiger partial charge in [-0.1, -0.05) is 29.5 Å². The fourth-order valence-corrected chi connectivity index (χ4v) is 4.15. The molecule has 126 valence electrons. The summed E-state index contributed by atoms with van der Waals surface area (Å²) in [5.74, 6) is -0.765. The first-order valence-corrected chi connectivity index (χ1v) is 9.23. The van der Waals surface area contributed by atoms with E-state index in [0.29, 0.717) is 5.56 Å². The number of fused-ring (bicyclic) bond motifs is 2. The lowest BCUT2D eigenvalue weighted by molar-refractivity contribution is 0.0971. The van der Waals surface area contributed by atoms with E-state index in [1.54, 1.807) is 38.1 Å². The van der Waals surface area contributed by atoms with E-state index in [-0.39, 0.29) is 48.0 Å². The molecule has 0 N–H and O–H groups in total. The Labute approximate surface area is 138 Å². The summed E-state index contributed by atoms with van der Waals surface area (Å²) in [6.45, 7) is 3.74. The van der Waals surface area contributed by atoms with Crippen molar-refractivity contribution in [3.05, 3.63) is 46.8 Å². The number of carbonyl (C=O) groups excluding carboxylic acids is 2. The van der Waals surface area contributed by atoms with Gasteiger partial charge in [0.2, 0.25) is 11.6 Å². The van der Waals surface area contributed by atoms with Gasteiger partial charge in [0.15, 0.2) is 5.69 Å². The average molecular weight is 349 g/mol. The Morgan fingerprint density at radius 1 is 1.04 bits per heavy atom. The highest BCUT2D eigenvalue weighted by atomic mass is 31.2. The standard InChI is InChI=1S/C15H16N3O5P/c1-3-22-24(21,23-4-2)9-18-13-12(16-17-18)14(19)10-7-5-6-8-11(10)15(13)20/h5-8H,3-4,9H2,1-2H3. The summed E-state index contributed by atoms with van der Waals surface area (Å²) in [4.78, 5) is 25.2. The first kappa shape index (κ1) is 16.7. The van der Waals surface area contributed by atoms with Crippen LogP contribution in [0.15, 0.2) is 24.3 Å². The summed E-state index contributed by atoms with van der Waals surface area (Å²) in [6.07, 6.45) is -0.280. The molecule has 24 heavy (non-hydrogen) atoms. The molecule has 0 atom stereocenters.